The van der Waals surface area contributed by atoms with E-state index in [9.17, 15) is 21.6 Å². The quantitative estimate of drug-likeness (QED) is 0.766. The zero-order chi connectivity index (χ0) is 17.7. The van der Waals surface area contributed by atoms with Crippen LogP contribution >= 0.6 is 0 Å². The van der Waals surface area contributed by atoms with E-state index in [-0.39, 0.29) is 22.9 Å². The van der Waals surface area contributed by atoms with E-state index in [1.165, 1.54) is 28.6 Å². The van der Waals surface area contributed by atoms with Gasteiger partial charge in [0.25, 0.3) is 10.0 Å². The molecule has 1 fully saturated rings. The summed E-state index contributed by atoms with van der Waals surface area (Å²) < 4.78 is 51.3. The van der Waals surface area contributed by atoms with Crippen LogP contribution < -0.4 is 4.31 Å². The number of sulfonamides is 2. The van der Waals surface area contributed by atoms with Crippen LogP contribution in [0, 0.1) is 5.92 Å². The summed E-state index contributed by atoms with van der Waals surface area (Å²) >= 11 is 0. The molecule has 0 radical (unpaired) electrons. The van der Waals surface area contributed by atoms with Gasteiger partial charge in [0.15, 0.2) is 0 Å². The van der Waals surface area contributed by atoms with Gasteiger partial charge in [-0.15, -0.1) is 0 Å². The normalized spacial score (nSPS) is 23.7. The topological polar surface area (TPSA) is 104 Å². The highest BCUT2D eigenvalue weighted by atomic mass is 32.2. The number of benzene rings is 1. The van der Waals surface area contributed by atoms with Crippen molar-refractivity contribution in [2.45, 2.75) is 18.7 Å². The predicted octanol–water partition coefficient (Wildman–Crippen LogP) is 0.422. The average molecular weight is 371 g/mol. The summed E-state index contributed by atoms with van der Waals surface area (Å²) in [6.07, 6.45) is 0. The molecule has 8 nitrogen and oxygen atoms in total. The number of aliphatic imine (C=N–C) groups is 1. The predicted molar refractivity (Wildman–Crippen MR) is 88.7 cm³/mol. The molecule has 2 aliphatic rings. The summed E-state index contributed by atoms with van der Waals surface area (Å²) in [6, 6.07) is 5.29. The molecule has 0 N–H and O–H groups in total. The van der Waals surface area contributed by atoms with Crippen molar-refractivity contribution >= 4 is 37.5 Å². The van der Waals surface area contributed by atoms with Crippen molar-refractivity contribution in [1.82, 2.24) is 4.31 Å². The van der Waals surface area contributed by atoms with Gasteiger partial charge >= 0.3 is 0 Å². The van der Waals surface area contributed by atoms with Gasteiger partial charge in [-0.1, -0.05) is 6.92 Å². The van der Waals surface area contributed by atoms with E-state index in [1.807, 2.05) is 0 Å². The highest BCUT2D eigenvalue weighted by Crippen LogP contribution is 2.29. The third-order valence-electron chi connectivity index (χ3n) is 4.02. The largest absolute Gasteiger partial charge is 0.273 e. The van der Waals surface area contributed by atoms with Crippen LogP contribution in [-0.4, -0.2) is 51.7 Å². The minimum absolute atomic E-state index is 0.0276. The Kier molecular flexibility index (Phi) is 3.91. The number of anilines is 1. The van der Waals surface area contributed by atoms with Crippen molar-refractivity contribution in [2.75, 3.05) is 23.1 Å². The third kappa shape index (κ3) is 2.59. The lowest BCUT2D eigenvalue weighted by Gasteiger charge is -2.19. The van der Waals surface area contributed by atoms with Crippen LogP contribution in [0.1, 0.15) is 13.8 Å². The van der Waals surface area contributed by atoms with Gasteiger partial charge in [-0.3, -0.25) is 14.1 Å². The number of hydrogen-bond donors (Lipinski definition) is 0. The van der Waals surface area contributed by atoms with Gasteiger partial charge in [0.1, 0.15) is 5.84 Å². The van der Waals surface area contributed by atoms with E-state index in [1.54, 1.807) is 13.8 Å². The maximum atomic E-state index is 12.6. The van der Waals surface area contributed by atoms with Crippen molar-refractivity contribution in [3.63, 3.8) is 0 Å². The molecule has 3 rings (SSSR count). The number of amidine groups is 1. The van der Waals surface area contributed by atoms with Gasteiger partial charge in [0.05, 0.1) is 35.3 Å². The van der Waals surface area contributed by atoms with Gasteiger partial charge < -0.3 is 0 Å². The number of amides is 1. The highest BCUT2D eigenvalue weighted by Gasteiger charge is 2.42. The molecule has 0 bridgehead atoms. The first-order valence-electron chi connectivity index (χ1n) is 7.35. The summed E-state index contributed by atoms with van der Waals surface area (Å²) in [6.45, 7) is 3.87. The Morgan fingerprint density at radius 1 is 1.21 bits per heavy atom. The van der Waals surface area contributed by atoms with Crippen LogP contribution in [0.25, 0.3) is 0 Å². The second kappa shape index (κ2) is 5.55. The van der Waals surface area contributed by atoms with Crippen LogP contribution in [0.5, 0.6) is 0 Å². The Morgan fingerprint density at radius 2 is 1.83 bits per heavy atom. The molecular formula is C14H17N3O5S2. The maximum absolute atomic E-state index is 12.6. The van der Waals surface area contributed by atoms with E-state index in [2.05, 4.69) is 4.99 Å². The van der Waals surface area contributed by atoms with Crippen molar-refractivity contribution < 1.29 is 21.6 Å². The number of nitrogens with zero attached hydrogens (tertiary/aromatic N) is 3. The molecule has 10 heteroatoms. The Balaban J connectivity index is 1.95. The molecule has 130 valence electrons. The lowest BCUT2D eigenvalue weighted by atomic mass is 10.2. The maximum Gasteiger partial charge on any atom is 0.265 e. The molecule has 2 aliphatic heterocycles. The second-order valence-corrected chi connectivity index (χ2v) is 9.51. The van der Waals surface area contributed by atoms with Crippen molar-refractivity contribution in [1.29, 1.82) is 0 Å². The fourth-order valence-corrected chi connectivity index (χ4v) is 6.09. The molecule has 0 spiro atoms. The van der Waals surface area contributed by atoms with E-state index in [4.69, 9.17) is 0 Å². The van der Waals surface area contributed by atoms with Crippen molar-refractivity contribution in [2.24, 2.45) is 10.9 Å². The fraction of sp³-hybridized carbons (Fsp3) is 0.429. The van der Waals surface area contributed by atoms with Gasteiger partial charge in [-0.2, -0.15) is 0 Å². The average Bonchev–Trinajstić information content (AvgIpc) is 3.01. The molecule has 0 aliphatic carbocycles. The van der Waals surface area contributed by atoms with E-state index < -0.39 is 31.9 Å². The second-order valence-electron chi connectivity index (χ2n) is 5.78. The molecule has 0 unspecified atom stereocenters. The van der Waals surface area contributed by atoms with Gasteiger partial charge in [-0.25, -0.2) is 21.1 Å². The molecular weight excluding hydrogens is 354 g/mol. The van der Waals surface area contributed by atoms with E-state index in [0.717, 1.165) is 4.31 Å². The third-order valence-corrected chi connectivity index (χ3v) is 7.79. The van der Waals surface area contributed by atoms with E-state index in [0.29, 0.717) is 12.4 Å². The molecule has 1 atom stereocenters. The van der Waals surface area contributed by atoms with Crippen LogP contribution in [0.4, 0.5) is 5.69 Å². The van der Waals surface area contributed by atoms with Crippen LogP contribution in [0.15, 0.2) is 34.2 Å². The lowest BCUT2D eigenvalue weighted by molar-refractivity contribution is -0.119. The summed E-state index contributed by atoms with van der Waals surface area (Å²) in [4.78, 5) is 16.1. The lowest BCUT2D eigenvalue weighted by Crippen LogP contribution is -2.33. The Bertz CT molecular complexity index is 920. The SMILES string of the molecule is CC1=NCCN1S(=O)(=O)c1ccc(N2C(=O)[C@H](C)CS2(=O)=O)cc1. The van der Waals surface area contributed by atoms with E-state index >= 15 is 0 Å². The van der Waals surface area contributed by atoms with Gasteiger partial charge in [-0.05, 0) is 31.2 Å². The molecule has 2 heterocycles. The number of carbonyl (C=O) groups is 1. The molecule has 24 heavy (non-hydrogen) atoms. The van der Waals surface area contributed by atoms with Gasteiger partial charge in [0.2, 0.25) is 15.9 Å². The molecule has 1 aromatic carbocycles. The first-order valence-corrected chi connectivity index (χ1v) is 10.4. The highest BCUT2D eigenvalue weighted by molar-refractivity contribution is 7.94. The van der Waals surface area contributed by atoms with Crippen molar-refractivity contribution in [3.05, 3.63) is 24.3 Å². The van der Waals surface area contributed by atoms with Crippen LogP contribution in [-0.2, 0) is 24.8 Å². The Hall–Kier alpha value is -1.94. The fourth-order valence-electron chi connectivity index (χ4n) is 2.80. The number of carbonyl (C=O) groups excluding carboxylic acids is 1. The zero-order valence-corrected chi connectivity index (χ0v) is 14.8. The van der Waals surface area contributed by atoms with Crippen LogP contribution in [0.2, 0.25) is 0 Å². The zero-order valence-electron chi connectivity index (χ0n) is 13.2. The van der Waals surface area contributed by atoms with Gasteiger partial charge in [0, 0.05) is 0 Å². The van der Waals surface area contributed by atoms with Crippen LogP contribution in [0.3, 0.4) is 0 Å². The van der Waals surface area contributed by atoms with Crippen molar-refractivity contribution in [3.8, 4) is 0 Å². The molecule has 1 saturated heterocycles. The first-order chi connectivity index (χ1) is 11.1. The summed E-state index contributed by atoms with van der Waals surface area (Å²) in [5.74, 6) is -0.935. The first kappa shape index (κ1) is 16.9. The summed E-state index contributed by atoms with van der Waals surface area (Å²) in [7, 11) is -7.44. The monoisotopic (exact) mass is 371 g/mol. The smallest absolute Gasteiger partial charge is 0.265 e. The molecule has 1 amide bonds. The number of rotatable bonds is 3. The summed E-state index contributed by atoms with van der Waals surface area (Å²) in [5.41, 5.74) is 0.148. The minimum Gasteiger partial charge on any atom is -0.273 e. The Labute approximate surface area is 140 Å². The summed E-state index contributed by atoms with van der Waals surface area (Å²) in [5, 5.41) is 0. The standard InChI is InChI=1S/C14H17N3O5S2/c1-10-9-23(19,20)17(14(10)18)12-3-5-13(6-4-12)24(21,22)16-8-7-15-11(16)2/h3-6,10H,7-9H2,1-2H3/t10-/m1/s1. The number of hydrogen-bond acceptors (Lipinski definition) is 6. The molecule has 1 aromatic rings. The molecule has 0 aromatic heterocycles. The molecule has 0 saturated carbocycles. The minimum atomic E-state index is -3.73. The Morgan fingerprint density at radius 3 is 2.29 bits per heavy atom.